The van der Waals surface area contributed by atoms with E-state index in [2.05, 4.69) is 4.98 Å². The second-order valence-electron chi connectivity index (χ2n) is 5.90. The summed E-state index contributed by atoms with van der Waals surface area (Å²) >= 11 is 0. The Kier molecular flexibility index (Phi) is 5.59. The fourth-order valence-corrected chi connectivity index (χ4v) is 2.49. The summed E-state index contributed by atoms with van der Waals surface area (Å²) < 4.78 is 19.1. The van der Waals surface area contributed by atoms with E-state index in [1.54, 1.807) is 36.5 Å². The number of carbonyl (C=O) groups is 1. The predicted octanol–water partition coefficient (Wildman–Crippen LogP) is 4.14. The number of nitrogens with zero attached hydrogens (tertiary/aromatic N) is 2. The average molecular weight is 350 g/mol. The first-order valence-electron chi connectivity index (χ1n) is 8.27. The number of carbonyl (C=O) groups excluding carboxylic acids is 1. The smallest absolute Gasteiger partial charge is 0.266 e. The van der Waals surface area contributed by atoms with Crippen LogP contribution in [0.1, 0.15) is 11.1 Å². The van der Waals surface area contributed by atoms with Crippen molar-refractivity contribution in [3.8, 4) is 5.75 Å². The van der Waals surface area contributed by atoms with Gasteiger partial charge >= 0.3 is 0 Å². The summed E-state index contributed by atoms with van der Waals surface area (Å²) in [6.45, 7) is 2.07. The molecule has 0 aliphatic heterocycles. The summed E-state index contributed by atoms with van der Waals surface area (Å²) in [5.41, 5.74) is 1.80. The molecule has 0 saturated heterocycles. The van der Waals surface area contributed by atoms with Gasteiger partial charge in [-0.1, -0.05) is 35.9 Å². The van der Waals surface area contributed by atoms with Crippen LogP contribution in [0.25, 0.3) is 0 Å². The van der Waals surface area contributed by atoms with Gasteiger partial charge in [-0.3, -0.25) is 9.69 Å². The van der Waals surface area contributed by atoms with Crippen LogP contribution in [0, 0.1) is 12.7 Å². The Bertz CT molecular complexity index is 867. The number of benzene rings is 2. The molecule has 1 heterocycles. The molecule has 0 atom stereocenters. The molecule has 0 unspecified atom stereocenters. The van der Waals surface area contributed by atoms with E-state index < -0.39 is 0 Å². The number of amides is 1. The third-order valence-corrected chi connectivity index (χ3v) is 3.84. The normalized spacial score (nSPS) is 10.4. The molecular weight excluding hydrogens is 331 g/mol. The number of pyridine rings is 1. The van der Waals surface area contributed by atoms with Gasteiger partial charge in [0.1, 0.15) is 17.4 Å². The molecule has 2 aromatic carbocycles. The standard InChI is InChI=1S/C21H19FN2O2/c1-16-8-10-19(11-9-16)26-15-21(25)24(20-7-2-3-12-23-20)14-17-5-4-6-18(22)13-17/h2-13H,14-15H2,1H3. The second-order valence-corrected chi connectivity index (χ2v) is 5.90. The maximum absolute atomic E-state index is 13.5. The summed E-state index contributed by atoms with van der Waals surface area (Å²) in [4.78, 5) is 18.5. The Morgan fingerprint density at radius 2 is 1.88 bits per heavy atom. The lowest BCUT2D eigenvalue weighted by atomic mass is 10.2. The lowest BCUT2D eigenvalue weighted by Gasteiger charge is -2.22. The maximum Gasteiger partial charge on any atom is 0.266 e. The van der Waals surface area contributed by atoms with Gasteiger partial charge in [-0.2, -0.15) is 0 Å². The van der Waals surface area contributed by atoms with Crippen LogP contribution in [0.4, 0.5) is 10.2 Å². The molecule has 0 radical (unpaired) electrons. The summed E-state index contributed by atoms with van der Waals surface area (Å²) in [6.07, 6.45) is 1.61. The number of rotatable bonds is 6. The van der Waals surface area contributed by atoms with Gasteiger partial charge in [0, 0.05) is 6.20 Å². The van der Waals surface area contributed by atoms with Gasteiger partial charge in [0.15, 0.2) is 6.61 Å². The molecule has 4 nitrogen and oxygen atoms in total. The molecule has 0 saturated carbocycles. The van der Waals surface area contributed by atoms with E-state index in [-0.39, 0.29) is 24.9 Å². The summed E-state index contributed by atoms with van der Waals surface area (Å²) in [6, 6.07) is 19.0. The van der Waals surface area contributed by atoms with E-state index in [0.29, 0.717) is 17.1 Å². The number of aromatic nitrogens is 1. The first-order chi connectivity index (χ1) is 12.6. The summed E-state index contributed by atoms with van der Waals surface area (Å²) in [7, 11) is 0. The van der Waals surface area contributed by atoms with Gasteiger partial charge in [-0.05, 0) is 48.9 Å². The van der Waals surface area contributed by atoms with Gasteiger partial charge in [-0.15, -0.1) is 0 Å². The van der Waals surface area contributed by atoms with Crippen LogP contribution in [0.2, 0.25) is 0 Å². The van der Waals surface area contributed by atoms with Crippen LogP contribution >= 0.6 is 0 Å². The van der Waals surface area contributed by atoms with Crippen molar-refractivity contribution in [2.75, 3.05) is 11.5 Å². The van der Waals surface area contributed by atoms with Crippen LogP contribution in [-0.4, -0.2) is 17.5 Å². The molecule has 3 rings (SSSR count). The molecule has 0 fully saturated rings. The number of anilines is 1. The van der Waals surface area contributed by atoms with Crippen molar-refractivity contribution >= 4 is 11.7 Å². The number of hydrogen-bond donors (Lipinski definition) is 0. The molecule has 0 bridgehead atoms. The maximum atomic E-state index is 13.5. The first-order valence-corrected chi connectivity index (χ1v) is 8.27. The van der Waals surface area contributed by atoms with Crippen molar-refractivity contribution in [1.82, 2.24) is 4.98 Å². The highest BCUT2D eigenvalue weighted by atomic mass is 19.1. The van der Waals surface area contributed by atoms with E-state index in [4.69, 9.17) is 4.74 Å². The van der Waals surface area contributed by atoms with Crippen LogP contribution < -0.4 is 9.64 Å². The quantitative estimate of drug-likeness (QED) is 0.671. The molecule has 26 heavy (non-hydrogen) atoms. The lowest BCUT2D eigenvalue weighted by Crippen LogP contribution is -2.35. The molecule has 132 valence electrons. The number of aryl methyl sites for hydroxylation is 1. The SMILES string of the molecule is Cc1ccc(OCC(=O)N(Cc2cccc(F)c2)c2ccccn2)cc1. The zero-order valence-electron chi connectivity index (χ0n) is 14.4. The van der Waals surface area contributed by atoms with E-state index in [1.807, 2.05) is 31.2 Å². The van der Waals surface area contributed by atoms with Gasteiger partial charge in [-0.25, -0.2) is 9.37 Å². The van der Waals surface area contributed by atoms with Crippen LogP contribution in [0.15, 0.2) is 72.9 Å². The Morgan fingerprint density at radius 1 is 1.08 bits per heavy atom. The topological polar surface area (TPSA) is 42.4 Å². The number of ether oxygens (including phenoxy) is 1. The highest BCUT2D eigenvalue weighted by Crippen LogP contribution is 2.17. The minimum Gasteiger partial charge on any atom is -0.484 e. The fourth-order valence-electron chi connectivity index (χ4n) is 2.49. The number of hydrogen-bond acceptors (Lipinski definition) is 3. The Labute approximate surface area is 151 Å². The molecule has 0 spiro atoms. The van der Waals surface area contributed by atoms with Gasteiger partial charge in [0.25, 0.3) is 5.91 Å². The molecule has 0 N–H and O–H groups in total. The van der Waals surface area contributed by atoms with Crippen LogP contribution in [0.5, 0.6) is 5.75 Å². The first kappa shape index (κ1) is 17.6. The monoisotopic (exact) mass is 350 g/mol. The molecule has 0 aliphatic rings. The van der Waals surface area contributed by atoms with Crippen molar-refractivity contribution in [3.05, 3.63) is 89.9 Å². The van der Waals surface area contributed by atoms with Crippen LogP contribution in [0.3, 0.4) is 0 Å². The minimum atomic E-state index is -0.341. The minimum absolute atomic E-state index is 0.130. The molecule has 3 aromatic rings. The van der Waals surface area contributed by atoms with Crippen molar-refractivity contribution in [1.29, 1.82) is 0 Å². The van der Waals surface area contributed by atoms with Gasteiger partial charge < -0.3 is 4.74 Å². The van der Waals surface area contributed by atoms with E-state index in [9.17, 15) is 9.18 Å². The molecule has 1 amide bonds. The second kappa shape index (κ2) is 8.25. The Hall–Kier alpha value is -3.21. The van der Waals surface area contributed by atoms with Crippen LogP contribution in [-0.2, 0) is 11.3 Å². The summed E-state index contributed by atoms with van der Waals surface area (Å²) in [5.74, 6) is 0.519. The van der Waals surface area contributed by atoms with Crippen molar-refractivity contribution in [3.63, 3.8) is 0 Å². The largest absolute Gasteiger partial charge is 0.484 e. The van der Waals surface area contributed by atoms with E-state index in [0.717, 1.165) is 5.56 Å². The predicted molar refractivity (Wildman–Crippen MR) is 98.5 cm³/mol. The average Bonchev–Trinajstić information content (AvgIpc) is 2.66. The van der Waals surface area contributed by atoms with Gasteiger partial charge in [0.2, 0.25) is 0 Å². The molecule has 1 aromatic heterocycles. The molecule has 0 aliphatic carbocycles. The lowest BCUT2D eigenvalue weighted by molar-refractivity contribution is -0.120. The van der Waals surface area contributed by atoms with Crippen molar-refractivity contribution in [2.24, 2.45) is 0 Å². The number of halogens is 1. The van der Waals surface area contributed by atoms with Gasteiger partial charge in [0.05, 0.1) is 6.54 Å². The van der Waals surface area contributed by atoms with Crippen molar-refractivity contribution in [2.45, 2.75) is 13.5 Å². The van der Waals surface area contributed by atoms with Crippen molar-refractivity contribution < 1.29 is 13.9 Å². The summed E-state index contributed by atoms with van der Waals surface area (Å²) in [5, 5.41) is 0. The zero-order chi connectivity index (χ0) is 18.4. The highest BCUT2D eigenvalue weighted by Gasteiger charge is 2.18. The highest BCUT2D eigenvalue weighted by molar-refractivity contribution is 5.93. The Morgan fingerprint density at radius 3 is 2.58 bits per heavy atom. The molecular formula is C21H19FN2O2. The fraction of sp³-hybridized carbons (Fsp3) is 0.143. The third kappa shape index (κ3) is 4.66. The van der Waals surface area contributed by atoms with E-state index >= 15 is 0 Å². The third-order valence-electron chi connectivity index (χ3n) is 3.84. The zero-order valence-corrected chi connectivity index (χ0v) is 14.4. The van der Waals surface area contributed by atoms with E-state index in [1.165, 1.54) is 17.0 Å². The molecule has 5 heteroatoms. The Balaban J connectivity index is 1.76.